The van der Waals surface area contributed by atoms with Crippen LogP contribution in [-0.2, 0) is 16.8 Å². The second-order valence-electron chi connectivity index (χ2n) is 6.62. The van der Waals surface area contributed by atoms with Gasteiger partial charge in [0.25, 0.3) is 0 Å². The zero-order chi connectivity index (χ0) is 20.9. The number of halogens is 3. The van der Waals surface area contributed by atoms with E-state index in [1.807, 2.05) is 0 Å². The van der Waals surface area contributed by atoms with Gasteiger partial charge in [-0.3, -0.25) is 9.20 Å². The number of aliphatic carboxylic acids is 1. The molecule has 0 aliphatic carbocycles. The van der Waals surface area contributed by atoms with Crippen molar-refractivity contribution >= 4 is 17.4 Å². The van der Waals surface area contributed by atoms with E-state index in [0.29, 0.717) is 23.7 Å². The maximum absolute atomic E-state index is 13.2. The minimum absolute atomic E-state index is 0.00101. The molecule has 4 N–H and O–H groups in total. The zero-order valence-corrected chi connectivity index (χ0v) is 14.9. The Balaban J connectivity index is 2.21. The third-order valence-electron chi connectivity index (χ3n) is 4.53. The second-order valence-corrected chi connectivity index (χ2v) is 6.62. The van der Waals surface area contributed by atoms with E-state index >= 15 is 0 Å². The van der Waals surface area contributed by atoms with Crippen LogP contribution < -0.4 is 5.73 Å². The number of carbonyl (C=O) groups is 1. The van der Waals surface area contributed by atoms with Crippen molar-refractivity contribution in [2.75, 3.05) is 5.73 Å². The molecular weight excluding hydrogens is 377 g/mol. The molecule has 0 bridgehead atoms. The Kier molecular flexibility index (Phi) is 4.54. The van der Waals surface area contributed by atoms with Gasteiger partial charge in [-0.15, -0.1) is 0 Å². The van der Waals surface area contributed by atoms with E-state index < -0.39 is 17.7 Å². The van der Waals surface area contributed by atoms with E-state index in [1.165, 1.54) is 35.0 Å². The van der Waals surface area contributed by atoms with Crippen LogP contribution in [0, 0.1) is 6.92 Å². The summed E-state index contributed by atoms with van der Waals surface area (Å²) in [5, 5.41) is 19.0. The van der Waals surface area contributed by atoms with E-state index in [-0.39, 0.29) is 29.1 Å². The summed E-state index contributed by atoms with van der Waals surface area (Å²) >= 11 is 0. The van der Waals surface area contributed by atoms with Crippen molar-refractivity contribution in [3.05, 3.63) is 47.4 Å². The van der Waals surface area contributed by atoms with E-state index in [9.17, 15) is 23.1 Å². The first-order valence-electron chi connectivity index (χ1n) is 8.16. The number of nitrogens with zero attached hydrogens (tertiary/aromatic N) is 3. The van der Waals surface area contributed by atoms with Gasteiger partial charge in [-0.25, -0.2) is 9.97 Å². The minimum Gasteiger partial charge on any atom is -0.481 e. The number of carboxylic acids is 1. The van der Waals surface area contributed by atoms with Gasteiger partial charge in [0.1, 0.15) is 0 Å². The van der Waals surface area contributed by atoms with Crippen LogP contribution in [0.4, 0.5) is 19.0 Å². The number of alkyl halides is 3. The number of carboxylic acid groups (broad SMARTS) is 1. The molecule has 148 valence electrons. The SMILES string of the molecule is Cc1ccc(C(C)(O)C(F)(F)F)cc1-c1cnc2c(N)nc(CC(=O)O)cn12. The fourth-order valence-corrected chi connectivity index (χ4v) is 2.87. The Bertz CT molecular complexity index is 1070. The molecule has 2 aromatic heterocycles. The maximum atomic E-state index is 13.2. The average molecular weight is 394 g/mol. The summed E-state index contributed by atoms with van der Waals surface area (Å²) in [6.45, 7) is 2.38. The first kappa shape index (κ1) is 19.6. The Labute approximate surface area is 157 Å². The summed E-state index contributed by atoms with van der Waals surface area (Å²) in [7, 11) is 0. The molecule has 0 aliphatic rings. The molecule has 7 nitrogen and oxygen atoms in total. The number of rotatable bonds is 4. The molecule has 0 saturated carbocycles. The first-order valence-corrected chi connectivity index (χ1v) is 8.16. The number of aryl methyl sites for hydroxylation is 1. The summed E-state index contributed by atoms with van der Waals surface area (Å²) in [4.78, 5) is 19.1. The smallest absolute Gasteiger partial charge is 0.421 e. The molecule has 1 aromatic carbocycles. The number of nitrogens with two attached hydrogens (primary N) is 1. The van der Waals surface area contributed by atoms with Crippen molar-refractivity contribution in [3.8, 4) is 11.3 Å². The van der Waals surface area contributed by atoms with Crippen LogP contribution in [0.3, 0.4) is 0 Å². The van der Waals surface area contributed by atoms with Crippen molar-refractivity contribution in [3.63, 3.8) is 0 Å². The van der Waals surface area contributed by atoms with Crippen molar-refractivity contribution in [1.29, 1.82) is 0 Å². The van der Waals surface area contributed by atoms with E-state index in [2.05, 4.69) is 9.97 Å². The molecule has 10 heteroatoms. The van der Waals surface area contributed by atoms with Gasteiger partial charge in [-0.2, -0.15) is 13.2 Å². The highest BCUT2D eigenvalue weighted by Gasteiger charge is 2.51. The predicted molar refractivity (Wildman–Crippen MR) is 94.5 cm³/mol. The molecule has 0 saturated heterocycles. The second kappa shape index (κ2) is 6.48. The number of hydrogen-bond donors (Lipinski definition) is 3. The summed E-state index contributed by atoms with van der Waals surface area (Å²) in [5.41, 5.74) is 4.32. The third-order valence-corrected chi connectivity index (χ3v) is 4.53. The summed E-state index contributed by atoms with van der Waals surface area (Å²) in [5.74, 6) is -1.10. The van der Waals surface area contributed by atoms with Crippen molar-refractivity contribution < 1.29 is 28.2 Å². The zero-order valence-electron chi connectivity index (χ0n) is 14.9. The van der Waals surface area contributed by atoms with Crippen LogP contribution in [0.2, 0.25) is 0 Å². The van der Waals surface area contributed by atoms with Crippen LogP contribution in [-0.4, -0.2) is 36.7 Å². The highest BCUT2D eigenvalue weighted by molar-refractivity contribution is 5.74. The number of imidazole rings is 1. The molecule has 3 aromatic rings. The van der Waals surface area contributed by atoms with Crippen LogP contribution in [0.1, 0.15) is 23.7 Å². The lowest BCUT2D eigenvalue weighted by molar-refractivity contribution is -0.258. The lowest BCUT2D eigenvalue weighted by Crippen LogP contribution is -2.39. The van der Waals surface area contributed by atoms with Gasteiger partial charge in [0, 0.05) is 11.8 Å². The van der Waals surface area contributed by atoms with Gasteiger partial charge in [0.05, 0.1) is 24.0 Å². The molecule has 1 atom stereocenters. The third kappa shape index (κ3) is 3.26. The molecule has 3 rings (SSSR count). The molecule has 2 heterocycles. The van der Waals surface area contributed by atoms with Crippen LogP contribution >= 0.6 is 0 Å². The van der Waals surface area contributed by atoms with E-state index in [4.69, 9.17) is 10.8 Å². The van der Waals surface area contributed by atoms with Crippen LogP contribution in [0.25, 0.3) is 16.9 Å². The molecule has 0 radical (unpaired) electrons. The number of aromatic nitrogens is 3. The van der Waals surface area contributed by atoms with Gasteiger partial charge in [0.15, 0.2) is 17.1 Å². The van der Waals surface area contributed by atoms with Gasteiger partial charge < -0.3 is 15.9 Å². The normalized spacial score (nSPS) is 14.2. The van der Waals surface area contributed by atoms with Crippen molar-refractivity contribution in [2.45, 2.75) is 32.0 Å². The number of anilines is 1. The van der Waals surface area contributed by atoms with Crippen molar-refractivity contribution in [1.82, 2.24) is 14.4 Å². The van der Waals surface area contributed by atoms with Gasteiger partial charge in [-0.1, -0.05) is 12.1 Å². The predicted octanol–water partition coefficient (Wildman–Crippen LogP) is 2.68. The lowest BCUT2D eigenvalue weighted by Gasteiger charge is -2.27. The highest BCUT2D eigenvalue weighted by atomic mass is 19.4. The lowest BCUT2D eigenvalue weighted by atomic mass is 9.91. The molecule has 0 amide bonds. The van der Waals surface area contributed by atoms with Gasteiger partial charge >= 0.3 is 12.1 Å². The fraction of sp³-hybridized carbons (Fsp3) is 0.278. The van der Waals surface area contributed by atoms with Crippen LogP contribution in [0.5, 0.6) is 0 Å². The molecular formula is C18H17F3N4O3. The monoisotopic (exact) mass is 394 g/mol. The minimum atomic E-state index is -4.86. The van der Waals surface area contributed by atoms with Gasteiger partial charge in [0.2, 0.25) is 0 Å². The Morgan fingerprint density at radius 3 is 2.61 bits per heavy atom. The quantitative estimate of drug-likeness (QED) is 0.627. The Morgan fingerprint density at radius 2 is 2.00 bits per heavy atom. The number of fused-ring (bicyclic) bond motifs is 1. The summed E-state index contributed by atoms with van der Waals surface area (Å²) in [6.07, 6.45) is -2.40. The topological polar surface area (TPSA) is 114 Å². The Hall–Kier alpha value is -3.14. The molecule has 28 heavy (non-hydrogen) atoms. The van der Waals surface area contributed by atoms with Crippen LogP contribution in [0.15, 0.2) is 30.6 Å². The van der Waals surface area contributed by atoms with E-state index in [1.54, 1.807) is 6.92 Å². The number of aliphatic hydroxyl groups is 1. The number of hydrogen-bond acceptors (Lipinski definition) is 5. The van der Waals surface area contributed by atoms with Crippen molar-refractivity contribution in [2.24, 2.45) is 0 Å². The average Bonchev–Trinajstić information content (AvgIpc) is 2.97. The maximum Gasteiger partial charge on any atom is 0.421 e. The summed E-state index contributed by atoms with van der Waals surface area (Å²) in [6, 6.07) is 3.91. The van der Waals surface area contributed by atoms with Gasteiger partial charge in [-0.05, 0) is 31.0 Å². The molecule has 0 aliphatic heterocycles. The number of nitrogen functional groups attached to an aromatic ring is 1. The fourth-order valence-electron chi connectivity index (χ4n) is 2.87. The molecule has 0 spiro atoms. The standard InChI is InChI=1S/C18H17F3N4O3/c1-9-3-4-10(17(2,28)18(19,20)21)5-12(9)13-7-23-16-15(22)24-11(6-14(26)27)8-25(13)16/h3-5,7-8,28H,6H2,1-2H3,(H2,22,24)(H,26,27). The number of benzene rings is 1. The highest BCUT2D eigenvalue weighted by Crippen LogP contribution is 2.40. The molecule has 1 unspecified atom stereocenters. The Morgan fingerprint density at radius 1 is 1.32 bits per heavy atom. The first-order chi connectivity index (χ1) is 12.9. The molecule has 0 fully saturated rings. The van der Waals surface area contributed by atoms with E-state index in [0.717, 1.165) is 0 Å². The summed E-state index contributed by atoms with van der Waals surface area (Å²) < 4.78 is 41.2. The largest absolute Gasteiger partial charge is 0.481 e.